The molecule has 2 rings (SSSR count). The van der Waals surface area contributed by atoms with Gasteiger partial charge in [-0.1, -0.05) is 19.1 Å². The molecule has 1 aliphatic rings. The van der Waals surface area contributed by atoms with Crippen molar-refractivity contribution in [2.75, 3.05) is 25.0 Å². The average molecular weight is 270 g/mol. The van der Waals surface area contributed by atoms with Crippen LogP contribution in [0.2, 0.25) is 0 Å². The van der Waals surface area contributed by atoms with Gasteiger partial charge in [-0.25, -0.2) is 0 Å². The van der Waals surface area contributed by atoms with Crippen molar-refractivity contribution in [3.8, 4) is 5.75 Å². The minimum absolute atomic E-state index is 0.218. The van der Waals surface area contributed by atoms with Gasteiger partial charge in [-0.15, -0.1) is 0 Å². The van der Waals surface area contributed by atoms with Crippen molar-refractivity contribution in [1.82, 2.24) is 4.90 Å². The third-order valence-electron chi connectivity index (χ3n) is 3.50. The lowest BCUT2D eigenvalue weighted by Gasteiger charge is -2.32. The van der Waals surface area contributed by atoms with Gasteiger partial charge in [0.25, 0.3) is 0 Å². The van der Waals surface area contributed by atoms with Crippen LogP contribution in [0.15, 0.2) is 24.3 Å². The van der Waals surface area contributed by atoms with E-state index in [0.29, 0.717) is 11.7 Å². The molecule has 0 unspecified atom stereocenters. The Labute approximate surface area is 112 Å². The first-order valence-electron chi connectivity index (χ1n) is 6.71. The SMILES string of the molecule is CCN1CCC(Nc2ccccc2OC(F)F)CC1. The molecule has 1 N–H and O–H groups in total. The van der Waals surface area contributed by atoms with Gasteiger partial charge in [0.1, 0.15) is 5.75 Å². The predicted octanol–water partition coefficient (Wildman–Crippen LogP) is 3.18. The van der Waals surface area contributed by atoms with Crippen molar-refractivity contribution >= 4 is 5.69 Å². The molecule has 1 fully saturated rings. The zero-order valence-electron chi connectivity index (χ0n) is 11.1. The third kappa shape index (κ3) is 4.06. The highest BCUT2D eigenvalue weighted by Gasteiger charge is 2.19. The molecule has 0 aliphatic carbocycles. The molecule has 0 bridgehead atoms. The van der Waals surface area contributed by atoms with Crippen LogP contribution >= 0.6 is 0 Å². The summed E-state index contributed by atoms with van der Waals surface area (Å²) in [4.78, 5) is 2.39. The molecule has 1 aromatic carbocycles. The molecule has 0 atom stereocenters. The lowest BCUT2D eigenvalue weighted by atomic mass is 10.0. The molecular formula is C14H20F2N2O. The third-order valence-corrected chi connectivity index (χ3v) is 3.50. The molecule has 1 saturated heterocycles. The maximum atomic E-state index is 12.3. The summed E-state index contributed by atoms with van der Waals surface area (Å²) < 4.78 is 29.2. The Morgan fingerprint density at radius 3 is 2.63 bits per heavy atom. The monoisotopic (exact) mass is 270 g/mol. The Hall–Kier alpha value is -1.36. The van der Waals surface area contributed by atoms with Gasteiger partial charge in [0.15, 0.2) is 0 Å². The van der Waals surface area contributed by atoms with E-state index in [1.54, 1.807) is 18.2 Å². The summed E-state index contributed by atoms with van der Waals surface area (Å²) in [5, 5.41) is 3.31. The van der Waals surface area contributed by atoms with Crippen LogP contribution < -0.4 is 10.1 Å². The lowest BCUT2D eigenvalue weighted by Crippen LogP contribution is -2.38. The van der Waals surface area contributed by atoms with E-state index in [0.717, 1.165) is 32.5 Å². The minimum Gasteiger partial charge on any atom is -0.433 e. The fraction of sp³-hybridized carbons (Fsp3) is 0.571. The Morgan fingerprint density at radius 2 is 2.00 bits per heavy atom. The Balaban J connectivity index is 1.95. The largest absolute Gasteiger partial charge is 0.433 e. The van der Waals surface area contributed by atoms with Crippen molar-refractivity contribution in [3.63, 3.8) is 0 Å². The van der Waals surface area contributed by atoms with E-state index in [2.05, 4.69) is 21.9 Å². The van der Waals surface area contributed by atoms with E-state index in [1.165, 1.54) is 0 Å². The fourth-order valence-corrected chi connectivity index (χ4v) is 2.40. The number of para-hydroxylation sites is 2. The van der Waals surface area contributed by atoms with E-state index < -0.39 is 6.61 Å². The summed E-state index contributed by atoms with van der Waals surface area (Å²) in [5.41, 5.74) is 0.651. The van der Waals surface area contributed by atoms with Crippen molar-refractivity contribution in [1.29, 1.82) is 0 Å². The molecule has 0 radical (unpaired) electrons. The average Bonchev–Trinajstić information content (AvgIpc) is 2.41. The van der Waals surface area contributed by atoms with Gasteiger partial charge in [0.2, 0.25) is 0 Å². The summed E-state index contributed by atoms with van der Waals surface area (Å²) in [6, 6.07) is 7.19. The Morgan fingerprint density at radius 1 is 1.32 bits per heavy atom. The predicted molar refractivity (Wildman–Crippen MR) is 71.8 cm³/mol. The van der Waals surface area contributed by atoms with E-state index in [1.807, 2.05) is 6.07 Å². The number of likely N-dealkylation sites (tertiary alicyclic amines) is 1. The normalized spacial score (nSPS) is 17.7. The first kappa shape index (κ1) is 14.1. The molecule has 1 aliphatic heterocycles. The van der Waals surface area contributed by atoms with Crippen molar-refractivity contribution in [3.05, 3.63) is 24.3 Å². The van der Waals surface area contributed by atoms with Gasteiger partial charge in [0.05, 0.1) is 5.69 Å². The summed E-state index contributed by atoms with van der Waals surface area (Å²) >= 11 is 0. The highest BCUT2D eigenvalue weighted by Crippen LogP contribution is 2.27. The number of nitrogens with one attached hydrogen (secondary N) is 1. The minimum atomic E-state index is -2.79. The summed E-state index contributed by atoms with van der Waals surface area (Å²) in [6.07, 6.45) is 2.05. The van der Waals surface area contributed by atoms with Crippen LogP contribution in [-0.4, -0.2) is 37.2 Å². The topological polar surface area (TPSA) is 24.5 Å². The lowest BCUT2D eigenvalue weighted by molar-refractivity contribution is -0.0494. The summed E-state index contributed by atoms with van der Waals surface area (Å²) in [6.45, 7) is 2.53. The molecule has 1 heterocycles. The maximum Gasteiger partial charge on any atom is 0.387 e. The number of piperidine rings is 1. The second kappa shape index (κ2) is 6.70. The molecule has 0 aromatic heterocycles. The molecule has 0 amide bonds. The van der Waals surface area contributed by atoms with E-state index in [9.17, 15) is 8.78 Å². The van der Waals surface area contributed by atoms with Gasteiger partial charge in [-0.05, 0) is 31.5 Å². The number of hydrogen-bond donors (Lipinski definition) is 1. The zero-order chi connectivity index (χ0) is 13.7. The number of ether oxygens (including phenoxy) is 1. The van der Waals surface area contributed by atoms with Gasteiger partial charge in [-0.3, -0.25) is 0 Å². The number of hydrogen-bond acceptors (Lipinski definition) is 3. The van der Waals surface area contributed by atoms with Crippen molar-refractivity contribution in [2.24, 2.45) is 0 Å². The van der Waals surface area contributed by atoms with Crippen LogP contribution in [0.4, 0.5) is 14.5 Å². The highest BCUT2D eigenvalue weighted by molar-refractivity contribution is 5.56. The van der Waals surface area contributed by atoms with Gasteiger partial charge >= 0.3 is 6.61 Å². The highest BCUT2D eigenvalue weighted by atomic mass is 19.3. The zero-order valence-corrected chi connectivity index (χ0v) is 11.1. The fourth-order valence-electron chi connectivity index (χ4n) is 2.40. The van der Waals surface area contributed by atoms with Crippen LogP contribution in [0, 0.1) is 0 Å². The number of nitrogens with zero attached hydrogens (tertiary/aromatic N) is 1. The second-order valence-corrected chi connectivity index (χ2v) is 4.73. The van der Waals surface area contributed by atoms with Gasteiger partial charge < -0.3 is 15.0 Å². The smallest absolute Gasteiger partial charge is 0.387 e. The molecular weight excluding hydrogens is 250 g/mol. The first-order valence-corrected chi connectivity index (χ1v) is 6.71. The van der Waals surface area contributed by atoms with Crippen LogP contribution in [0.1, 0.15) is 19.8 Å². The standard InChI is InChI=1S/C14H20F2N2O/c1-2-18-9-7-11(8-10-18)17-12-5-3-4-6-13(12)19-14(15)16/h3-6,11,14,17H,2,7-10H2,1H3. The van der Waals surface area contributed by atoms with Crippen LogP contribution in [0.25, 0.3) is 0 Å². The summed E-state index contributed by atoms with van der Waals surface area (Å²) in [5.74, 6) is 0.218. The van der Waals surface area contributed by atoms with Crippen LogP contribution in [0.3, 0.4) is 0 Å². The Bertz CT molecular complexity index is 393. The first-order chi connectivity index (χ1) is 9.19. The van der Waals surface area contributed by atoms with E-state index in [4.69, 9.17) is 0 Å². The molecule has 0 saturated carbocycles. The second-order valence-electron chi connectivity index (χ2n) is 4.73. The van der Waals surface area contributed by atoms with Gasteiger partial charge in [-0.2, -0.15) is 8.78 Å². The molecule has 1 aromatic rings. The van der Waals surface area contributed by atoms with Gasteiger partial charge in [0, 0.05) is 19.1 Å². The number of benzene rings is 1. The van der Waals surface area contributed by atoms with Crippen molar-refractivity contribution < 1.29 is 13.5 Å². The number of halogens is 2. The maximum absolute atomic E-state index is 12.3. The van der Waals surface area contributed by atoms with Crippen molar-refractivity contribution in [2.45, 2.75) is 32.4 Å². The Kier molecular flexibility index (Phi) is 4.96. The summed E-state index contributed by atoms with van der Waals surface area (Å²) in [7, 11) is 0. The molecule has 0 spiro atoms. The molecule has 5 heteroatoms. The van der Waals surface area contributed by atoms with E-state index >= 15 is 0 Å². The van der Waals surface area contributed by atoms with E-state index in [-0.39, 0.29) is 5.75 Å². The van der Waals surface area contributed by atoms with Crippen LogP contribution in [0.5, 0.6) is 5.75 Å². The quantitative estimate of drug-likeness (QED) is 0.889. The number of rotatable bonds is 5. The molecule has 19 heavy (non-hydrogen) atoms. The molecule has 3 nitrogen and oxygen atoms in total. The van der Waals surface area contributed by atoms with Crippen LogP contribution in [-0.2, 0) is 0 Å². The molecule has 106 valence electrons. The number of anilines is 1. The number of alkyl halides is 2.